The van der Waals surface area contributed by atoms with Gasteiger partial charge in [-0.3, -0.25) is 0 Å². The molecule has 1 aliphatic heterocycles. The number of hydrogen-bond acceptors (Lipinski definition) is 3. The highest BCUT2D eigenvalue weighted by Crippen LogP contribution is 2.40. The van der Waals surface area contributed by atoms with E-state index in [1.54, 1.807) is 6.92 Å². The lowest BCUT2D eigenvalue weighted by Gasteiger charge is -2.32. The maximum absolute atomic E-state index is 7.57. The van der Waals surface area contributed by atoms with Gasteiger partial charge in [-0.1, -0.05) is 6.08 Å². The molecule has 2 rings (SSSR count). The standard InChI is InChI=1S/C11H19BO2.C2H6O/c1-10(2)11(3,4)14-12(13-10)9-7-5-6-8-9;1-2-3/h7H,5-6,8H2,1-4H3;3H,2H2,1H3. The highest BCUT2D eigenvalue weighted by molar-refractivity contribution is 6.54. The summed E-state index contributed by atoms with van der Waals surface area (Å²) in [7, 11) is -0.0949. The van der Waals surface area contributed by atoms with E-state index in [2.05, 4.69) is 33.8 Å². The SMILES string of the molecule is CC1(C)OB(C2=CCCC2)OC1(C)C.CCO. The largest absolute Gasteiger partial charge is 0.490 e. The lowest BCUT2D eigenvalue weighted by molar-refractivity contribution is 0.00578. The van der Waals surface area contributed by atoms with Gasteiger partial charge >= 0.3 is 7.12 Å². The van der Waals surface area contributed by atoms with Gasteiger partial charge in [-0.05, 0) is 59.4 Å². The predicted molar refractivity (Wildman–Crippen MR) is 70.8 cm³/mol. The Kier molecular flexibility index (Phi) is 4.81. The monoisotopic (exact) mass is 240 g/mol. The van der Waals surface area contributed by atoms with Crippen LogP contribution in [-0.2, 0) is 9.31 Å². The zero-order chi connectivity index (χ0) is 13.1. The molecule has 2 aliphatic rings. The van der Waals surface area contributed by atoms with Crippen molar-refractivity contribution in [3.05, 3.63) is 11.5 Å². The van der Waals surface area contributed by atoms with Crippen molar-refractivity contribution in [1.29, 1.82) is 0 Å². The van der Waals surface area contributed by atoms with Crippen molar-refractivity contribution >= 4 is 7.12 Å². The van der Waals surface area contributed by atoms with Crippen LogP contribution in [0.25, 0.3) is 0 Å². The van der Waals surface area contributed by atoms with Crippen LogP contribution in [-0.4, -0.2) is 30.0 Å². The molecule has 1 fully saturated rings. The highest BCUT2D eigenvalue weighted by Gasteiger charge is 2.52. The van der Waals surface area contributed by atoms with Crippen LogP contribution in [0, 0.1) is 0 Å². The minimum atomic E-state index is -0.193. The Bertz CT molecular complexity index is 268. The van der Waals surface area contributed by atoms with Crippen molar-refractivity contribution in [3.8, 4) is 0 Å². The molecular formula is C13H25BO3. The number of hydrogen-bond donors (Lipinski definition) is 1. The Morgan fingerprint density at radius 3 is 2.06 bits per heavy atom. The third-order valence-corrected chi connectivity index (χ3v) is 3.63. The summed E-state index contributed by atoms with van der Waals surface area (Å²) in [4.78, 5) is 0. The van der Waals surface area contributed by atoms with E-state index < -0.39 is 0 Å². The zero-order valence-electron chi connectivity index (χ0n) is 11.7. The second kappa shape index (κ2) is 5.55. The van der Waals surface area contributed by atoms with E-state index >= 15 is 0 Å². The number of allylic oxidation sites excluding steroid dienone is 2. The molecule has 1 aliphatic carbocycles. The number of rotatable bonds is 1. The van der Waals surface area contributed by atoms with Gasteiger partial charge in [-0.25, -0.2) is 0 Å². The molecule has 1 N–H and O–H groups in total. The Morgan fingerprint density at radius 1 is 1.24 bits per heavy atom. The average molecular weight is 240 g/mol. The zero-order valence-corrected chi connectivity index (χ0v) is 11.7. The van der Waals surface area contributed by atoms with E-state index in [1.807, 2.05) is 0 Å². The Labute approximate surface area is 105 Å². The molecule has 0 aromatic rings. The fourth-order valence-corrected chi connectivity index (χ4v) is 1.90. The normalized spacial score (nSPS) is 25.3. The second-order valence-electron chi connectivity index (χ2n) is 5.58. The predicted octanol–water partition coefficient (Wildman–Crippen LogP) is 2.73. The number of aliphatic hydroxyl groups is 1. The molecule has 0 radical (unpaired) electrons. The van der Waals surface area contributed by atoms with Crippen molar-refractivity contribution in [3.63, 3.8) is 0 Å². The van der Waals surface area contributed by atoms with Crippen molar-refractivity contribution in [1.82, 2.24) is 0 Å². The summed E-state index contributed by atoms with van der Waals surface area (Å²) in [5.41, 5.74) is 0.950. The van der Waals surface area contributed by atoms with Crippen molar-refractivity contribution < 1.29 is 14.4 Å². The fourth-order valence-electron chi connectivity index (χ4n) is 1.90. The molecule has 0 atom stereocenters. The van der Waals surface area contributed by atoms with Crippen LogP contribution < -0.4 is 0 Å². The van der Waals surface area contributed by atoms with Crippen molar-refractivity contribution in [2.24, 2.45) is 0 Å². The van der Waals surface area contributed by atoms with Gasteiger partial charge in [0.2, 0.25) is 0 Å². The van der Waals surface area contributed by atoms with E-state index in [9.17, 15) is 0 Å². The van der Waals surface area contributed by atoms with Gasteiger partial charge in [0.15, 0.2) is 0 Å². The molecule has 0 bridgehead atoms. The Balaban J connectivity index is 0.000000437. The second-order valence-corrected chi connectivity index (χ2v) is 5.58. The van der Waals surface area contributed by atoms with Crippen LogP contribution in [0.3, 0.4) is 0 Å². The van der Waals surface area contributed by atoms with E-state index in [4.69, 9.17) is 14.4 Å². The first kappa shape index (κ1) is 14.7. The van der Waals surface area contributed by atoms with Crippen LogP contribution in [0.15, 0.2) is 11.5 Å². The van der Waals surface area contributed by atoms with Gasteiger partial charge < -0.3 is 14.4 Å². The topological polar surface area (TPSA) is 38.7 Å². The molecular weight excluding hydrogens is 215 g/mol. The minimum absolute atomic E-state index is 0.0949. The van der Waals surface area contributed by atoms with E-state index in [1.165, 1.54) is 18.3 Å². The van der Waals surface area contributed by atoms with Crippen molar-refractivity contribution in [2.75, 3.05) is 6.61 Å². The van der Waals surface area contributed by atoms with Gasteiger partial charge in [0.1, 0.15) is 0 Å². The molecule has 17 heavy (non-hydrogen) atoms. The van der Waals surface area contributed by atoms with Gasteiger partial charge in [0, 0.05) is 6.61 Å². The van der Waals surface area contributed by atoms with E-state index in [0.717, 1.165) is 6.42 Å². The summed E-state index contributed by atoms with van der Waals surface area (Å²) in [5.74, 6) is 0. The third-order valence-electron chi connectivity index (χ3n) is 3.63. The number of aliphatic hydroxyl groups excluding tert-OH is 1. The highest BCUT2D eigenvalue weighted by atomic mass is 16.7. The van der Waals surface area contributed by atoms with Crippen molar-refractivity contribution in [2.45, 2.75) is 65.1 Å². The Morgan fingerprint density at radius 2 is 1.71 bits per heavy atom. The molecule has 3 nitrogen and oxygen atoms in total. The van der Waals surface area contributed by atoms with Gasteiger partial charge in [0.25, 0.3) is 0 Å². The summed E-state index contributed by atoms with van der Waals surface area (Å²) in [6.07, 6.45) is 5.83. The van der Waals surface area contributed by atoms with Gasteiger partial charge in [-0.2, -0.15) is 0 Å². The van der Waals surface area contributed by atoms with Gasteiger partial charge in [-0.15, -0.1) is 0 Å². The molecule has 0 saturated carbocycles. The van der Waals surface area contributed by atoms with Crippen LogP contribution in [0.4, 0.5) is 0 Å². The summed E-state index contributed by atoms with van der Waals surface area (Å²) in [6, 6.07) is 0. The lowest BCUT2D eigenvalue weighted by atomic mass is 9.78. The third kappa shape index (κ3) is 3.33. The molecule has 0 spiro atoms. The van der Waals surface area contributed by atoms with Crippen LogP contribution in [0.5, 0.6) is 0 Å². The van der Waals surface area contributed by atoms with Crippen LogP contribution in [0.2, 0.25) is 0 Å². The van der Waals surface area contributed by atoms with Gasteiger partial charge in [0.05, 0.1) is 11.2 Å². The smallest absolute Gasteiger partial charge is 0.400 e. The molecule has 0 amide bonds. The molecule has 1 saturated heterocycles. The van der Waals surface area contributed by atoms with E-state index in [-0.39, 0.29) is 24.9 Å². The first-order valence-corrected chi connectivity index (χ1v) is 6.49. The molecule has 4 heteroatoms. The maximum Gasteiger partial charge on any atom is 0.490 e. The molecule has 0 unspecified atom stereocenters. The van der Waals surface area contributed by atoms with Crippen LogP contribution in [0.1, 0.15) is 53.9 Å². The molecule has 0 aromatic heterocycles. The molecule has 98 valence electrons. The minimum Gasteiger partial charge on any atom is -0.400 e. The van der Waals surface area contributed by atoms with Crippen LogP contribution >= 0.6 is 0 Å². The van der Waals surface area contributed by atoms with E-state index in [0.29, 0.717) is 0 Å². The first-order valence-electron chi connectivity index (χ1n) is 6.49. The fraction of sp³-hybridized carbons (Fsp3) is 0.846. The molecule has 0 aromatic carbocycles. The summed E-state index contributed by atoms with van der Waals surface area (Å²) in [5, 5.41) is 7.57. The average Bonchev–Trinajstić information content (AvgIpc) is 2.74. The lowest BCUT2D eigenvalue weighted by Crippen LogP contribution is -2.41. The first-order chi connectivity index (χ1) is 7.84. The summed E-state index contributed by atoms with van der Waals surface area (Å²) in [6.45, 7) is 10.3. The quantitative estimate of drug-likeness (QED) is 0.716. The summed E-state index contributed by atoms with van der Waals surface area (Å²) < 4.78 is 11.9. The maximum atomic E-state index is 7.57. The molecule has 1 heterocycles. The summed E-state index contributed by atoms with van der Waals surface area (Å²) >= 11 is 0. The Hall–Kier alpha value is -0.315.